The first-order valence-corrected chi connectivity index (χ1v) is 10.3. The predicted molar refractivity (Wildman–Crippen MR) is 120 cm³/mol. The number of hydrogen-bond acceptors (Lipinski definition) is 7. The Morgan fingerprint density at radius 1 is 1.10 bits per heavy atom. The van der Waals surface area contributed by atoms with Crippen molar-refractivity contribution in [2.45, 2.75) is 26.4 Å². The van der Waals surface area contributed by atoms with E-state index < -0.39 is 11.7 Å². The van der Waals surface area contributed by atoms with Crippen LogP contribution in [-0.4, -0.2) is 57.8 Å². The Bertz CT molecular complexity index is 1040. The van der Waals surface area contributed by atoms with E-state index >= 15 is 0 Å². The Morgan fingerprint density at radius 2 is 1.84 bits per heavy atom. The van der Waals surface area contributed by atoms with Gasteiger partial charge in [0.05, 0.1) is 18.1 Å². The topological polar surface area (TPSA) is 108 Å². The van der Waals surface area contributed by atoms with E-state index in [1.807, 2.05) is 51.1 Å². The van der Waals surface area contributed by atoms with Crippen LogP contribution in [0.3, 0.4) is 0 Å². The molecule has 162 valence electrons. The smallest absolute Gasteiger partial charge is 0.413 e. The number of carbonyl (C=O) groups is 1. The maximum absolute atomic E-state index is 12.4. The molecule has 31 heavy (non-hydrogen) atoms. The molecule has 9 nitrogen and oxygen atoms in total. The van der Waals surface area contributed by atoms with Crippen LogP contribution in [0.1, 0.15) is 20.8 Å². The van der Waals surface area contributed by atoms with Crippen molar-refractivity contribution < 1.29 is 9.53 Å². The van der Waals surface area contributed by atoms with Gasteiger partial charge in [-0.15, -0.1) is 0 Å². The molecule has 0 saturated carbocycles. The van der Waals surface area contributed by atoms with Crippen LogP contribution in [0, 0.1) is 0 Å². The second-order valence-corrected chi connectivity index (χ2v) is 8.30. The first kappa shape index (κ1) is 20.8. The molecule has 0 spiro atoms. The number of nitrogens with zero attached hydrogens (tertiary/aromatic N) is 4. The third-order valence-electron chi connectivity index (χ3n) is 4.71. The van der Waals surface area contributed by atoms with Gasteiger partial charge in [-0.2, -0.15) is 0 Å². The number of rotatable bonds is 4. The highest BCUT2D eigenvalue weighted by molar-refractivity contribution is 5.88. The van der Waals surface area contributed by atoms with Crippen LogP contribution in [0.15, 0.2) is 42.7 Å². The summed E-state index contributed by atoms with van der Waals surface area (Å²) in [6.45, 7) is 8.87. The first-order valence-electron chi connectivity index (χ1n) is 10.3. The standard InChI is InChI=1S/C22H27N7O2/c1-22(2,3)31-21(30)28-20-18(27-17(14-25-20)29-11-9-23-10-12-29)19-24-13-16(26-19)15-7-5-4-6-8-15/h4-8,13-14,23H,9-12H2,1-3H3,(H,24,26)(H,25,28,30). The molecule has 1 aliphatic heterocycles. The first-order chi connectivity index (χ1) is 14.9. The minimum Gasteiger partial charge on any atom is -0.444 e. The summed E-state index contributed by atoms with van der Waals surface area (Å²) < 4.78 is 5.39. The molecular formula is C22H27N7O2. The third kappa shape index (κ3) is 5.18. The fraction of sp³-hybridized carbons (Fsp3) is 0.364. The van der Waals surface area contributed by atoms with Crippen LogP contribution in [-0.2, 0) is 4.74 Å². The molecule has 1 aliphatic rings. The second-order valence-electron chi connectivity index (χ2n) is 8.30. The van der Waals surface area contributed by atoms with E-state index in [4.69, 9.17) is 9.72 Å². The molecule has 1 amide bonds. The van der Waals surface area contributed by atoms with Crippen molar-refractivity contribution in [3.05, 3.63) is 42.7 Å². The lowest BCUT2D eigenvalue weighted by atomic mass is 10.2. The Kier molecular flexibility index (Phi) is 5.85. The average Bonchev–Trinajstić information content (AvgIpc) is 3.24. The largest absolute Gasteiger partial charge is 0.444 e. The molecule has 3 heterocycles. The number of imidazole rings is 1. The van der Waals surface area contributed by atoms with Crippen molar-refractivity contribution >= 4 is 17.7 Å². The van der Waals surface area contributed by atoms with Crippen molar-refractivity contribution in [3.8, 4) is 22.8 Å². The number of amides is 1. The molecule has 3 aromatic rings. The highest BCUT2D eigenvalue weighted by Crippen LogP contribution is 2.27. The summed E-state index contributed by atoms with van der Waals surface area (Å²) >= 11 is 0. The number of ether oxygens (including phenoxy) is 1. The number of carbonyl (C=O) groups excluding carboxylic acids is 1. The average molecular weight is 422 g/mol. The molecule has 3 N–H and O–H groups in total. The van der Waals surface area contributed by atoms with E-state index in [1.165, 1.54) is 0 Å². The summed E-state index contributed by atoms with van der Waals surface area (Å²) in [6.07, 6.45) is 2.83. The number of H-pyrrole nitrogens is 1. The lowest BCUT2D eigenvalue weighted by Crippen LogP contribution is -2.44. The Balaban J connectivity index is 1.68. The van der Waals surface area contributed by atoms with Crippen molar-refractivity contribution in [2.24, 2.45) is 0 Å². The summed E-state index contributed by atoms with van der Waals surface area (Å²) in [5.41, 5.74) is 1.70. The fourth-order valence-electron chi connectivity index (χ4n) is 3.29. The number of aromatic amines is 1. The van der Waals surface area contributed by atoms with E-state index in [9.17, 15) is 4.79 Å². The van der Waals surface area contributed by atoms with Crippen LogP contribution in [0.25, 0.3) is 22.8 Å². The summed E-state index contributed by atoms with van der Waals surface area (Å²) in [5, 5.41) is 6.05. The number of aromatic nitrogens is 4. The van der Waals surface area contributed by atoms with Gasteiger partial charge in [-0.3, -0.25) is 5.32 Å². The molecule has 0 atom stereocenters. The quantitative estimate of drug-likeness (QED) is 0.593. The van der Waals surface area contributed by atoms with Gasteiger partial charge in [0, 0.05) is 26.2 Å². The van der Waals surface area contributed by atoms with Crippen LogP contribution in [0.5, 0.6) is 0 Å². The zero-order valence-electron chi connectivity index (χ0n) is 18.0. The SMILES string of the molecule is CC(C)(C)OC(=O)Nc1ncc(N2CCNCC2)nc1-c1ncc(-c2ccccc2)[nH]1. The lowest BCUT2D eigenvalue weighted by molar-refractivity contribution is 0.0635. The molecule has 0 aliphatic carbocycles. The number of hydrogen-bond donors (Lipinski definition) is 3. The molecule has 1 saturated heterocycles. The fourth-order valence-corrected chi connectivity index (χ4v) is 3.29. The van der Waals surface area contributed by atoms with Gasteiger partial charge in [-0.05, 0) is 26.3 Å². The second kappa shape index (κ2) is 8.73. The predicted octanol–water partition coefficient (Wildman–Crippen LogP) is 3.29. The highest BCUT2D eigenvalue weighted by atomic mass is 16.6. The molecule has 1 aromatic carbocycles. The van der Waals surface area contributed by atoms with E-state index in [-0.39, 0.29) is 0 Å². The van der Waals surface area contributed by atoms with Gasteiger partial charge in [0.2, 0.25) is 0 Å². The van der Waals surface area contributed by atoms with Gasteiger partial charge in [0.15, 0.2) is 17.3 Å². The van der Waals surface area contributed by atoms with E-state index in [1.54, 1.807) is 12.4 Å². The number of piperazine rings is 1. The molecule has 9 heteroatoms. The van der Waals surface area contributed by atoms with Gasteiger partial charge in [-0.25, -0.2) is 19.7 Å². The Hall–Kier alpha value is -3.46. The van der Waals surface area contributed by atoms with Crippen LogP contribution in [0.2, 0.25) is 0 Å². The minimum absolute atomic E-state index is 0.294. The van der Waals surface area contributed by atoms with Crippen LogP contribution >= 0.6 is 0 Å². The number of anilines is 2. The van der Waals surface area contributed by atoms with Gasteiger partial charge in [-0.1, -0.05) is 30.3 Å². The van der Waals surface area contributed by atoms with E-state index in [0.29, 0.717) is 17.3 Å². The van der Waals surface area contributed by atoms with E-state index in [0.717, 1.165) is 43.3 Å². The Labute approximate surface area is 181 Å². The van der Waals surface area contributed by atoms with Gasteiger partial charge >= 0.3 is 6.09 Å². The molecule has 0 bridgehead atoms. The van der Waals surface area contributed by atoms with Gasteiger partial charge in [0.25, 0.3) is 0 Å². The van der Waals surface area contributed by atoms with Crippen molar-refractivity contribution in [1.82, 2.24) is 25.3 Å². The molecule has 1 fully saturated rings. The maximum atomic E-state index is 12.4. The lowest BCUT2D eigenvalue weighted by Gasteiger charge is -2.28. The molecule has 2 aromatic heterocycles. The van der Waals surface area contributed by atoms with Crippen molar-refractivity contribution in [1.29, 1.82) is 0 Å². The summed E-state index contributed by atoms with van der Waals surface area (Å²) in [6, 6.07) is 9.90. The molecule has 4 rings (SSSR count). The summed E-state index contributed by atoms with van der Waals surface area (Å²) in [4.78, 5) is 31.6. The maximum Gasteiger partial charge on any atom is 0.413 e. The third-order valence-corrected chi connectivity index (χ3v) is 4.71. The summed E-state index contributed by atoms with van der Waals surface area (Å²) in [7, 11) is 0. The molecule has 0 unspecified atom stereocenters. The molecule has 0 radical (unpaired) electrons. The zero-order valence-corrected chi connectivity index (χ0v) is 18.0. The number of benzene rings is 1. The highest BCUT2D eigenvalue weighted by Gasteiger charge is 2.22. The molecular weight excluding hydrogens is 394 g/mol. The van der Waals surface area contributed by atoms with E-state index in [2.05, 4.69) is 30.5 Å². The normalized spacial score (nSPS) is 14.4. The minimum atomic E-state index is -0.621. The number of nitrogens with one attached hydrogen (secondary N) is 3. The summed E-state index contributed by atoms with van der Waals surface area (Å²) in [5.74, 6) is 1.56. The Morgan fingerprint density at radius 3 is 2.55 bits per heavy atom. The van der Waals surface area contributed by atoms with Crippen molar-refractivity contribution in [2.75, 3.05) is 36.4 Å². The van der Waals surface area contributed by atoms with Gasteiger partial charge in [0.1, 0.15) is 11.4 Å². The van der Waals surface area contributed by atoms with Crippen LogP contribution < -0.4 is 15.5 Å². The van der Waals surface area contributed by atoms with Crippen LogP contribution in [0.4, 0.5) is 16.4 Å². The monoisotopic (exact) mass is 421 g/mol. The van der Waals surface area contributed by atoms with Crippen molar-refractivity contribution in [3.63, 3.8) is 0 Å². The van der Waals surface area contributed by atoms with Gasteiger partial charge < -0.3 is 19.9 Å². The zero-order chi connectivity index (χ0) is 21.8.